The topological polar surface area (TPSA) is 58.1 Å². The zero-order valence-corrected chi connectivity index (χ0v) is 16.8. The molecule has 0 spiro atoms. The van der Waals surface area contributed by atoms with Crippen LogP contribution in [-0.4, -0.2) is 45.9 Å². The lowest BCUT2D eigenvalue weighted by molar-refractivity contribution is 0.122. The number of hydrogen-bond donors (Lipinski definition) is 2. The van der Waals surface area contributed by atoms with Crippen LogP contribution in [0.1, 0.15) is 18.1 Å². The summed E-state index contributed by atoms with van der Waals surface area (Å²) in [5, 5.41) is 6.79. The highest BCUT2D eigenvalue weighted by Gasteiger charge is 2.14. The average Bonchev–Trinajstić information content (AvgIpc) is 2.76. The maximum Gasteiger partial charge on any atom is 0.191 e. The maximum absolute atomic E-state index is 5.49. The van der Waals surface area contributed by atoms with Crippen molar-refractivity contribution in [1.29, 1.82) is 0 Å². The molecule has 0 amide bonds. The van der Waals surface area contributed by atoms with E-state index in [1.54, 1.807) is 7.11 Å². The Morgan fingerprint density at radius 3 is 2.50 bits per heavy atom. The Labute approximate surface area is 167 Å². The van der Waals surface area contributed by atoms with Gasteiger partial charge in [-0.3, -0.25) is 0 Å². The molecule has 0 aromatic heterocycles. The Bertz CT molecular complexity index is 773. The van der Waals surface area contributed by atoms with Crippen LogP contribution in [0, 0.1) is 0 Å². The van der Waals surface area contributed by atoms with Gasteiger partial charge in [0, 0.05) is 37.4 Å². The standard InChI is InChI=1S/C22H30N4O2/c1-3-23-22(25-17-19-9-5-7-11-21(19)27-2)24-16-18-8-4-6-10-20(18)26-12-14-28-15-13-26/h4-11H,3,12-17H2,1-2H3,(H2,23,24,25). The first kappa shape index (κ1) is 20.0. The number of nitrogens with one attached hydrogen (secondary N) is 2. The normalized spacial score (nSPS) is 14.6. The summed E-state index contributed by atoms with van der Waals surface area (Å²) in [5.74, 6) is 1.66. The molecule has 150 valence electrons. The van der Waals surface area contributed by atoms with E-state index >= 15 is 0 Å². The molecule has 0 radical (unpaired) electrons. The van der Waals surface area contributed by atoms with E-state index in [0.717, 1.165) is 50.1 Å². The fourth-order valence-corrected chi connectivity index (χ4v) is 3.29. The van der Waals surface area contributed by atoms with E-state index in [1.807, 2.05) is 24.3 Å². The van der Waals surface area contributed by atoms with Gasteiger partial charge in [0.25, 0.3) is 0 Å². The Hall–Kier alpha value is -2.73. The van der Waals surface area contributed by atoms with Crippen LogP contribution < -0.4 is 20.3 Å². The van der Waals surface area contributed by atoms with Crippen molar-refractivity contribution in [1.82, 2.24) is 10.6 Å². The summed E-state index contributed by atoms with van der Waals surface area (Å²) in [4.78, 5) is 7.12. The van der Waals surface area contributed by atoms with Gasteiger partial charge in [-0.25, -0.2) is 4.99 Å². The molecule has 1 fully saturated rings. The summed E-state index contributed by atoms with van der Waals surface area (Å²) in [6, 6.07) is 16.5. The Balaban J connectivity index is 1.68. The number of para-hydroxylation sites is 2. The Morgan fingerprint density at radius 1 is 1.04 bits per heavy atom. The molecule has 6 nitrogen and oxygen atoms in total. The van der Waals surface area contributed by atoms with Crippen LogP contribution in [0.2, 0.25) is 0 Å². The van der Waals surface area contributed by atoms with Crippen LogP contribution in [-0.2, 0) is 17.8 Å². The van der Waals surface area contributed by atoms with E-state index in [-0.39, 0.29) is 0 Å². The van der Waals surface area contributed by atoms with Crippen molar-refractivity contribution in [2.75, 3.05) is 44.9 Å². The molecule has 0 bridgehead atoms. The second-order valence-corrected chi connectivity index (χ2v) is 6.59. The third kappa shape index (κ3) is 5.39. The van der Waals surface area contributed by atoms with Gasteiger partial charge in [0.05, 0.1) is 26.9 Å². The third-order valence-corrected chi connectivity index (χ3v) is 4.73. The van der Waals surface area contributed by atoms with Gasteiger partial charge < -0.3 is 25.0 Å². The molecule has 0 unspecified atom stereocenters. The number of nitrogens with zero attached hydrogens (tertiary/aromatic N) is 2. The minimum absolute atomic E-state index is 0.560. The molecule has 1 aliphatic heterocycles. The van der Waals surface area contributed by atoms with E-state index in [4.69, 9.17) is 14.5 Å². The summed E-state index contributed by atoms with van der Waals surface area (Å²) in [7, 11) is 1.69. The van der Waals surface area contributed by atoms with Crippen molar-refractivity contribution >= 4 is 11.6 Å². The van der Waals surface area contributed by atoms with E-state index < -0.39 is 0 Å². The van der Waals surface area contributed by atoms with Crippen molar-refractivity contribution in [2.24, 2.45) is 4.99 Å². The number of benzene rings is 2. The number of hydrogen-bond acceptors (Lipinski definition) is 4. The highest BCUT2D eigenvalue weighted by Crippen LogP contribution is 2.21. The summed E-state index contributed by atoms with van der Waals surface area (Å²) >= 11 is 0. The van der Waals surface area contributed by atoms with Crippen molar-refractivity contribution in [3.8, 4) is 5.75 Å². The first-order valence-corrected chi connectivity index (χ1v) is 9.86. The highest BCUT2D eigenvalue weighted by atomic mass is 16.5. The molecule has 0 atom stereocenters. The first-order chi connectivity index (χ1) is 13.8. The van der Waals surface area contributed by atoms with Gasteiger partial charge in [0.15, 0.2) is 5.96 Å². The Morgan fingerprint density at radius 2 is 1.75 bits per heavy atom. The maximum atomic E-state index is 5.49. The number of anilines is 1. The SMILES string of the molecule is CCNC(=NCc1ccccc1OC)NCc1ccccc1N1CCOCC1. The summed E-state index contributed by atoms with van der Waals surface area (Å²) in [6.07, 6.45) is 0. The number of guanidine groups is 1. The van der Waals surface area contributed by atoms with Gasteiger partial charge in [-0.05, 0) is 24.6 Å². The quantitative estimate of drug-likeness (QED) is 0.570. The molecular weight excluding hydrogens is 352 g/mol. The molecule has 3 rings (SSSR count). The summed E-state index contributed by atoms with van der Waals surface area (Å²) in [6.45, 7) is 7.58. The lowest BCUT2D eigenvalue weighted by Crippen LogP contribution is -2.39. The zero-order chi connectivity index (χ0) is 19.6. The minimum Gasteiger partial charge on any atom is -0.496 e. The highest BCUT2D eigenvalue weighted by molar-refractivity contribution is 5.80. The predicted octanol–water partition coefficient (Wildman–Crippen LogP) is 2.79. The lowest BCUT2D eigenvalue weighted by Gasteiger charge is -2.30. The predicted molar refractivity (Wildman–Crippen MR) is 114 cm³/mol. The first-order valence-electron chi connectivity index (χ1n) is 9.86. The average molecular weight is 383 g/mol. The van der Waals surface area contributed by atoms with Crippen LogP contribution in [0.4, 0.5) is 5.69 Å². The van der Waals surface area contributed by atoms with Crippen molar-refractivity contribution in [2.45, 2.75) is 20.0 Å². The molecule has 28 heavy (non-hydrogen) atoms. The molecule has 6 heteroatoms. The summed E-state index contributed by atoms with van der Waals surface area (Å²) < 4.78 is 10.9. The van der Waals surface area contributed by atoms with Crippen molar-refractivity contribution < 1.29 is 9.47 Å². The molecule has 1 saturated heterocycles. The largest absolute Gasteiger partial charge is 0.496 e. The molecule has 0 saturated carbocycles. The van der Waals surface area contributed by atoms with Gasteiger partial charge in [-0.15, -0.1) is 0 Å². The van der Waals surface area contributed by atoms with Crippen LogP contribution in [0.5, 0.6) is 5.75 Å². The second-order valence-electron chi connectivity index (χ2n) is 6.59. The van der Waals surface area contributed by atoms with Gasteiger partial charge in [0.1, 0.15) is 5.75 Å². The number of ether oxygens (including phenoxy) is 2. The van der Waals surface area contributed by atoms with Crippen LogP contribution in [0.25, 0.3) is 0 Å². The fourth-order valence-electron chi connectivity index (χ4n) is 3.29. The lowest BCUT2D eigenvalue weighted by atomic mass is 10.1. The monoisotopic (exact) mass is 382 g/mol. The smallest absolute Gasteiger partial charge is 0.191 e. The molecule has 2 aromatic rings. The molecule has 1 heterocycles. The molecule has 0 aliphatic carbocycles. The fraction of sp³-hybridized carbons (Fsp3) is 0.409. The van der Waals surface area contributed by atoms with Gasteiger partial charge in [-0.1, -0.05) is 36.4 Å². The summed E-state index contributed by atoms with van der Waals surface area (Å²) in [5.41, 5.74) is 3.59. The molecular formula is C22H30N4O2. The van der Waals surface area contributed by atoms with Gasteiger partial charge in [-0.2, -0.15) is 0 Å². The van der Waals surface area contributed by atoms with Crippen molar-refractivity contribution in [3.05, 3.63) is 59.7 Å². The van der Waals surface area contributed by atoms with Crippen LogP contribution in [0.15, 0.2) is 53.5 Å². The second kappa shape index (κ2) is 10.6. The van der Waals surface area contributed by atoms with Gasteiger partial charge in [0.2, 0.25) is 0 Å². The van der Waals surface area contributed by atoms with E-state index in [9.17, 15) is 0 Å². The molecule has 2 aromatic carbocycles. The third-order valence-electron chi connectivity index (χ3n) is 4.73. The van der Waals surface area contributed by atoms with Crippen LogP contribution in [0.3, 0.4) is 0 Å². The molecule has 1 aliphatic rings. The van der Waals surface area contributed by atoms with E-state index in [1.165, 1.54) is 11.3 Å². The van der Waals surface area contributed by atoms with Crippen molar-refractivity contribution in [3.63, 3.8) is 0 Å². The number of aliphatic imine (C=N–C) groups is 1. The molecule has 2 N–H and O–H groups in total. The van der Waals surface area contributed by atoms with E-state index in [0.29, 0.717) is 13.1 Å². The number of morpholine rings is 1. The van der Waals surface area contributed by atoms with Crippen LogP contribution >= 0.6 is 0 Å². The minimum atomic E-state index is 0.560. The van der Waals surface area contributed by atoms with E-state index in [2.05, 4.69) is 46.7 Å². The Kier molecular flexibility index (Phi) is 7.55. The number of rotatable bonds is 7. The zero-order valence-electron chi connectivity index (χ0n) is 16.8. The van der Waals surface area contributed by atoms with Gasteiger partial charge >= 0.3 is 0 Å². The number of methoxy groups -OCH3 is 1.